The number of aryl methyl sites for hydroxylation is 1. The molecule has 1 aliphatic rings. The first-order valence-corrected chi connectivity index (χ1v) is 5.66. The Morgan fingerprint density at radius 3 is 2.87 bits per heavy atom. The summed E-state index contributed by atoms with van der Waals surface area (Å²) in [5.41, 5.74) is 12.9. The molecule has 1 aromatic heterocycles. The van der Waals surface area contributed by atoms with E-state index in [1.54, 1.807) is 0 Å². The van der Waals surface area contributed by atoms with Crippen molar-refractivity contribution in [2.75, 3.05) is 0 Å². The summed E-state index contributed by atoms with van der Waals surface area (Å²) in [6.07, 6.45) is 8.68. The Bertz CT molecular complexity index is 318. The first-order valence-electron chi connectivity index (χ1n) is 5.66. The zero-order valence-electron chi connectivity index (χ0n) is 9.26. The second-order valence-electron chi connectivity index (χ2n) is 4.65. The maximum absolute atomic E-state index is 5.77. The van der Waals surface area contributed by atoms with Crippen LogP contribution < -0.4 is 11.5 Å². The van der Waals surface area contributed by atoms with Crippen LogP contribution in [0, 0.1) is 5.92 Å². The van der Waals surface area contributed by atoms with Gasteiger partial charge in [-0.15, -0.1) is 0 Å². The first-order chi connectivity index (χ1) is 7.16. The van der Waals surface area contributed by atoms with E-state index in [0.717, 1.165) is 6.42 Å². The molecular formula is C11H20N4. The highest BCUT2D eigenvalue weighted by molar-refractivity contribution is 5.12. The van der Waals surface area contributed by atoms with E-state index in [4.69, 9.17) is 11.5 Å². The van der Waals surface area contributed by atoms with Crippen molar-refractivity contribution in [1.82, 2.24) is 9.78 Å². The molecule has 0 spiro atoms. The second kappa shape index (κ2) is 4.33. The molecule has 0 aromatic carbocycles. The lowest BCUT2D eigenvalue weighted by molar-refractivity contribution is 0.280. The average molecular weight is 208 g/mol. The molecule has 4 N–H and O–H groups in total. The molecule has 15 heavy (non-hydrogen) atoms. The third-order valence-corrected chi connectivity index (χ3v) is 3.46. The molecule has 4 heteroatoms. The Morgan fingerprint density at radius 1 is 1.47 bits per heavy atom. The van der Waals surface area contributed by atoms with Crippen LogP contribution in [0.1, 0.15) is 37.2 Å². The second-order valence-corrected chi connectivity index (χ2v) is 4.65. The summed E-state index contributed by atoms with van der Waals surface area (Å²) < 4.78 is 1.86. The molecule has 1 heterocycles. The SMILES string of the molecule is Cn1cc(C2CCCC(C(N)N)C2)cn1. The van der Waals surface area contributed by atoms with Gasteiger partial charge in [0.2, 0.25) is 0 Å². The largest absolute Gasteiger partial charge is 0.316 e. The normalized spacial score (nSPS) is 27.2. The Morgan fingerprint density at radius 2 is 2.27 bits per heavy atom. The predicted molar refractivity (Wildman–Crippen MR) is 60.1 cm³/mol. The van der Waals surface area contributed by atoms with Crippen molar-refractivity contribution in [2.24, 2.45) is 24.4 Å². The lowest BCUT2D eigenvalue weighted by Crippen LogP contribution is -2.40. The van der Waals surface area contributed by atoms with Crippen molar-refractivity contribution in [3.63, 3.8) is 0 Å². The van der Waals surface area contributed by atoms with Crippen LogP contribution in [0.2, 0.25) is 0 Å². The molecule has 0 amide bonds. The fraction of sp³-hybridized carbons (Fsp3) is 0.727. The summed E-state index contributed by atoms with van der Waals surface area (Å²) in [6.45, 7) is 0. The van der Waals surface area contributed by atoms with E-state index in [2.05, 4.69) is 11.3 Å². The van der Waals surface area contributed by atoms with Gasteiger partial charge in [0.25, 0.3) is 0 Å². The molecule has 0 saturated heterocycles. The highest BCUT2D eigenvalue weighted by Gasteiger charge is 2.26. The van der Waals surface area contributed by atoms with Crippen LogP contribution in [0.5, 0.6) is 0 Å². The van der Waals surface area contributed by atoms with Crippen molar-refractivity contribution in [3.8, 4) is 0 Å². The summed E-state index contributed by atoms with van der Waals surface area (Å²) in [7, 11) is 1.96. The van der Waals surface area contributed by atoms with Crippen LogP contribution in [0.4, 0.5) is 0 Å². The van der Waals surface area contributed by atoms with Crippen LogP contribution >= 0.6 is 0 Å². The van der Waals surface area contributed by atoms with Gasteiger partial charge < -0.3 is 11.5 Å². The molecule has 2 rings (SSSR count). The Hall–Kier alpha value is -0.870. The van der Waals surface area contributed by atoms with Gasteiger partial charge in [0.15, 0.2) is 0 Å². The third kappa shape index (κ3) is 2.38. The van der Waals surface area contributed by atoms with Gasteiger partial charge in [-0.3, -0.25) is 4.68 Å². The fourth-order valence-corrected chi connectivity index (χ4v) is 2.53. The average Bonchev–Trinajstić information content (AvgIpc) is 2.65. The van der Waals surface area contributed by atoms with Gasteiger partial charge in [0.1, 0.15) is 0 Å². The molecule has 2 unspecified atom stereocenters. The van der Waals surface area contributed by atoms with Gasteiger partial charge in [-0.05, 0) is 36.7 Å². The maximum Gasteiger partial charge on any atom is 0.0550 e. The Labute approximate surface area is 90.6 Å². The summed E-state index contributed by atoms with van der Waals surface area (Å²) in [6, 6.07) is 0. The molecule has 1 saturated carbocycles. The standard InChI is InChI=1S/C11H20N4/c1-15-7-10(6-14-15)8-3-2-4-9(5-8)11(12)13/h6-9,11H,2-5,12-13H2,1H3. The van der Waals surface area contributed by atoms with Crippen LogP contribution in [0.15, 0.2) is 12.4 Å². The zero-order valence-corrected chi connectivity index (χ0v) is 9.26. The molecule has 2 atom stereocenters. The highest BCUT2D eigenvalue weighted by atomic mass is 15.2. The van der Waals surface area contributed by atoms with Crippen molar-refractivity contribution in [1.29, 1.82) is 0 Å². The zero-order chi connectivity index (χ0) is 10.8. The minimum Gasteiger partial charge on any atom is -0.316 e. The van der Waals surface area contributed by atoms with Gasteiger partial charge in [0, 0.05) is 13.2 Å². The number of nitrogens with two attached hydrogens (primary N) is 2. The van der Waals surface area contributed by atoms with Crippen molar-refractivity contribution < 1.29 is 0 Å². The van der Waals surface area contributed by atoms with E-state index >= 15 is 0 Å². The fourth-order valence-electron chi connectivity index (χ4n) is 2.53. The van der Waals surface area contributed by atoms with Crippen molar-refractivity contribution in [2.45, 2.75) is 37.8 Å². The highest BCUT2D eigenvalue weighted by Crippen LogP contribution is 2.36. The van der Waals surface area contributed by atoms with Crippen LogP contribution in [0.3, 0.4) is 0 Å². The maximum atomic E-state index is 5.77. The van der Waals surface area contributed by atoms with Crippen LogP contribution in [-0.4, -0.2) is 15.9 Å². The van der Waals surface area contributed by atoms with Gasteiger partial charge in [-0.25, -0.2) is 0 Å². The number of aromatic nitrogens is 2. The smallest absolute Gasteiger partial charge is 0.0550 e. The number of hydrogen-bond donors (Lipinski definition) is 2. The van der Waals surface area contributed by atoms with Gasteiger partial charge in [-0.2, -0.15) is 5.10 Å². The monoisotopic (exact) mass is 208 g/mol. The molecule has 4 nitrogen and oxygen atoms in total. The minimum atomic E-state index is -0.163. The lowest BCUT2D eigenvalue weighted by Gasteiger charge is -2.30. The summed E-state index contributed by atoms with van der Waals surface area (Å²) in [4.78, 5) is 0. The Kier molecular flexibility index (Phi) is 3.07. The van der Waals surface area contributed by atoms with E-state index < -0.39 is 0 Å². The first kappa shape index (κ1) is 10.6. The van der Waals surface area contributed by atoms with E-state index in [-0.39, 0.29) is 6.17 Å². The number of hydrogen-bond acceptors (Lipinski definition) is 3. The van der Waals surface area contributed by atoms with E-state index in [1.165, 1.54) is 24.8 Å². The van der Waals surface area contributed by atoms with Gasteiger partial charge >= 0.3 is 0 Å². The molecule has 1 fully saturated rings. The molecule has 0 aliphatic heterocycles. The molecule has 1 aliphatic carbocycles. The van der Waals surface area contributed by atoms with E-state index in [9.17, 15) is 0 Å². The van der Waals surface area contributed by atoms with E-state index in [1.807, 2.05) is 17.9 Å². The Balaban J connectivity index is 2.04. The third-order valence-electron chi connectivity index (χ3n) is 3.46. The van der Waals surface area contributed by atoms with Crippen LogP contribution in [0.25, 0.3) is 0 Å². The predicted octanol–water partition coefficient (Wildman–Crippen LogP) is 0.937. The van der Waals surface area contributed by atoms with Crippen LogP contribution in [-0.2, 0) is 7.05 Å². The molecule has 0 bridgehead atoms. The van der Waals surface area contributed by atoms with Gasteiger partial charge in [-0.1, -0.05) is 6.42 Å². The molecule has 0 radical (unpaired) electrons. The lowest BCUT2D eigenvalue weighted by atomic mass is 9.78. The summed E-state index contributed by atoms with van der Waals surface area (Å²) in [5, 5.41) is 4.22. The molecule has 1 aromatic rings. The number of rotatable bonds is 2. The van der Waals surface area contributed by atoms with Crippen molar-refractivity contribution in [3.05, 3.63) is 18.0 Å². The van der Waals surface area contributed by atoms with Gasteiger partial charge in [0.05, 0.1) is 12.4 Å². The number of nitrogens with zero attached hydrogens (tertiary/aromatic N) is 2. The molecule has 84 valence electrons. The minimum absolute atomic E-state index is 0.163. The summed E-state index contributed by atoms with van der Waals surface area (Å²) >= 11 is 0. The topological polar surface area (TPSA) is 69.9 Å². The quantitative estimate of drug-likeness (QED) is 0.711. The summed E-state index contributed by atoms with van der Waals surface area (Å²) in [5.74, 6) is 1.08. The van der Waals surface area contributed by atoms with E-state index in [0.29, 0.717) is 11.8 Å². The van der Waals surface area contributed by atoms with Crippen molar-refractivity contribution >= 4 is 0 Å². The molecular weight excluding hydrogens is 188 g/mol.